The Morgan fingerprint density at radius 3 is 3.07 bits per heavy atom. The predicted octanol–water partition coefficient (Wildman–Crippen LogP) is 1.64. The van der Waals surface area contributed by atoms with Crippen molar-refractivity contribution in [1.82, 2.24) is 5.32 Å². The number of benzene rings is 1. The number of aryl methyl sites for hydroxylation is 1. The fourth-order valence-corrected chi connectivity index (χ4v) is 2.13. The SMILES string of the molecule is C[C@H](CO)N[C@H]1CCc2ccccc21. The van der Waals surface area contributed by atoms with Crippen molar-refractivity contribution >= 4 is 0 Å². The number of aliphatic hydroxyl groups excluding tert-OH is 1. The van der Waals surface area contributed by atoms with Crippen molar-refractivity contribution in [2.45, 2.75) is 31.8 Å². The van der Waals surface area contributed by atoms with E-state index in [0.29, 0.717) is 6.04 Å². The molecule has 0 bridgehead atoms. The van der Waals surface area contributed by atoms with Gasteiger partial charge in [-0.1, -0.05) is 24.3 Å². The lowest BCUT2D eigenvalue weighted by Gasteiger charge is -2.18. The monoisotopic (exact) mass is 191 g/mol. The summed E-state index contributed by atoms with van der Waals surface area (Å²) in [5.41, 5.74) is 2.86. The molecule has 0 unspecified atom stereocenters. The summed E-state index contributed by atoms with van der Waals surface area (Å²) in [6, 6.07) is 9.18. The molecule has 0 saturated carbocycles. The summed E-state index contributed by atoms with van der Waals surface area (Å²) in [5, 5.41) is 12.4. The highest BCUT2D eigenvalue weighted by molar-refractivity contribution is 5.34. The fraction of sp³-hybridized carbons (Fsp3) is 0.500. The number of aliphatic hydroxyl groups is 1. The third-order valence-electron chi connectivity index (χ3n) is 2.89. The van der Waals surface area contributed by atoms with Gasteiger partial charge in [-0.25, -0.2) is 0 Å². The van der Waals surface area contributed by atoms with E-state index in [1.165, 1.54) is 11.1 Å². The van der Waals surface area contributed by atoms with Crippen LogP contribution >= 0.6 is 0 Å². The summed E-state index contributed by atoms with van der Waals surface area (Å²) in [5.74, 6) is 0. The Morgan fingerprint density at radius 1 is 1.50 bits per heavy atom. The zero-order valence-corrected chi connectivity index (χ0v) is 8.53. The van der Waals surface area contributed by atoms with Gasteiger partial charge >= 0.3 is 0 Å². The topological polar surface area (TPSA) is 32.3 Å². The Kier molecular flexibility index (Phi) is 2.85. The highest BCUT2D eigenvalue weighted by atomic mass is 16.3. The van der Waals surface area contributed by atoms with Gasteiger partial charge in [-0.15, -0.1) is 0 Å². The highest BCUT2D eigenvalue weighted by Crippen LogP contribution is 2.30. The maximum Gasteiger partial charge on any atom is 0.0582 e. The van der Waals surface area contributed by atoms with Gasteiger partial charge in [0.25, 0.3) is 0 Å². The molecule has 14 heavy (non-hydrogen) atoms. The molecular weight excluding hydrogens is 174 g/mol. The molecule has 2 nitrogen and oxygen atoms in total. The molecule has 0 heterocycles. The molecule has 0 saturated heterocycles. The second-order valence-corrected chi connectivity index (χ2v) is 4.04. The van der Waals surface area contributed by atoms with Gasteiger partial charge in [-0.05, 0) is 30.9 Å². The number of nitrogens with one attached hydrogen (secondary N) is 1. The molecule has 1 aliphatic rings. The minimum absolute atomic E-state index is 0.186. The van der Waals surface area contributed by atoms with E-state index in [4.69, 9.17) is 5.11 Å². The van der Waals surface area contributed by atoms with Crippen LogP contribution in [0.15, 0.2) is 24.3 Å². The summed E-state index contributed by atoms with van der Waals surface area (Å²) in [7, 11) is 0. The lowest BCUT2D eigenvalue weighted by atomic mass is 10.1. The average Bonchev–Trinajstić information content (AvgIpc) is 2.62. The van der Waals surface area contributed by atoms with Crippen LogP contribution in [0.4, 0.5) is 0 Å². The van der Waals surface area contributed by atoms with E-state index >= 15 is 0 Å². The van der Waals surface area contributed by atoms with Crippen LogP contribution in [0.25, 0.3) is 0 Å². The van der Waals surface area contributed by atoms with Crippen LogP contribution in [-0.4, -0.2) is 17.8 Å². The lowest BCUT2D eigenvalue weighted by molar-refractivity contribution is 0.240. The van der Waals surface area contributed by atoms with Crippen molar-refractivity contribution in [2.24, 2.45) is 0 Å². The van der Waals surface area contributed by atoms with Crippen LogP contribution in [0.3, 0.4) is 0 Å². The van der Waals surface area contributed by atoms with E-state index in [9.17, 15) is 0 Å². The third-order valence-corrected chi connectivity index (χ3v) is 2.89. The molecule has 0 amide bonds. The van der Waals surface area contributed by atoms with Gasteiger partial charge in [0.15, 0.2) is 0 Å². The molecule has 2 atom stereocenters. The largest absolute Gasteiger partial charge is 0.395 e. The van der Waals surface area contributed by atoms with Gasteiger partial charge in [-0.2, -0.15) is 0 Å². The molecular formula is C12H17NO. The predicted molar refractivity (Wildman–Crippen MR) is 57.2 cm³/mol. The first-order chi connectivity index (χ1) is 6.81. The van der Waals surface area contributed by atoms with Crippen molar-refractivity contribution in [2.75, 3.05) is 6.61 Å². The first kappa shape index (κ1) is 9.69. The van der Waals surface area contributed by atoms with Gasteiger partial charge in [-0.3, -0.25) is 0 Å². The molecule has 0 radical (unpaired) electrons. The van der Waals surface area contributed by atoms with E-state index in [0.717, 1.165) is 12.8 Å². The minimum Gasteiger partial charge on any atom is -0.395 e. The normalized spacial score (nSPS) is 22.0. The third kappa shape index (κ3) is 1.81. The minimum atomic E-state index is 0.186. The van der Waals surface area contributed by atoms with Crippen LogP contribution in [0.2, 0.25) is 0 Å². The van der Waals surface area contributed by atoms with E-state index in [-0.39, 0.29) is 12.6 Å². The Labute approximate surface area is 85.0 Å². The van der Waals surface area contributed by atoms with Crippen molar-refractivity contribution < 1.29 is 5.11 Å². The molecule has 0 spiro atoms. The molecule has 76 valence electrons. The van der Waals surface area contributed by atoms with Crippen LogP contribution < -0.4 is 5.32 Å². The smallest absolute Gasteiger partial charge is 0.0582 e. The maximum absolute atomic E-state index is 8.98. The van der Waals surface area contributed by atoms with Gasteiger partial charge in [0.05, 0.1) is 6.61 Å². The Balaban J connectivity index is 2.10. The van der Waals surface area contributed by atoms with Crippen LogP contribution in [0.1, 0.15) is 30.5 Å². The molecule has 2 rings (SSSR count). The number of hydrogen-bond donors (Lipinski definition) is 2. The fourth-order valence-electron chi connectivity index (χ4n) is 2.13. The molecule has 0 aromatic heterocycles. The van der Waals surface area contributed by atoms with E-state index < -0.39 is 0 Å². The van der Waals surface area contributed by atoms with Crippen molar-refractivity contribution in [3.63, 3.8) is 0 Å². The Bertz CT molecular complexity index is 311. The molecule has 1 aliphatic carbocycles. The number of hydrogen-bond acceptors (Lipinski definition) is 2. The van der Waals surface area contributed by atoms with Crippen LogP contribution in [0.5, 0.6) is 0 Å². The summed E-state index contributed by atoms with van der Waals surface area (Å²) in [4.78, 5) is 0. The molecule has 0 aliphatic heterocycles. The van der Waals surface area contributed by atoms with Gasteiger partial charge in [0.1, 0.15) is 0 Å². The van der Waals surface area contributed by atoms with Crippen molar-refractivity contribution in [3.8, 4) is 0 Å². The highest BCUT2D eigenvalue weighted by Gasteiger charge is 2.22. The molecule has 2 heteroatoms. The van der Waals surface area contributed by atoms with Crippen LogP contribution in [0, 0.1) is 0 Å². The second-order valence-electron chi connectivity index (χ2n) is 4.04. The zero-order valence-electron chi connectivity index (χ0n) is 8.53. The second kappa shape index (κ2) is 4.11. The summed E-state index contributed by atoms with van der Waals surface area (Å²) in [6.07, 6.45) is 2.32. The number of rotatable bonds is 3. The zero-order chi connectivity index (χ0) is 9.97. The Hall–Kier alpha value is -0.860. The van der Waals surface area contributed by atoms with Gasteiger partial charge < -0.3 is 10.4 Å². The molecule has 1 aromatic carbocycles. The maximum atomic E-state index is 8.98. The molecule has 1 aromatic rings. The first-order valence-electron chi connectivity index (χ1n) is 5.26. The Morgan fingerprint density at radius 2 is 2.29 bits per heavy atom. The lowest BCUT2D eigenvalue weighted by Crippen LogP contribution is -2.32. The summed E-state index contributed by atoms with van der Waals surface area (Å²) in [6.45, 7) is 2.22. The first-order valence-corrected chi connectivity index (χ1v) is 5.26. The average molecular weight is 191 g/mol. The van der Waals surface area contributed by atoms with Crippen molar-refractivity contribution in [3.05, 3.63) is 35.4 Å². The van der Waals surface area contributed by atoms with E-state index in [1.54, 1.807) is 0 Å². The molecule has 2 N–H and O–H groups in total. The quantitative estimate of drug-likeness (QED) is 0.761. The molecule has 0 fully saturated rings. The number of fused-ring (bicyclic) bond motifs is 1. The van der Waals surface area contributed by atoms with Crippen molar-refractivity contribution in [1.29, 1.82) is 0 Å². The van der Waals surface area contributed by atoms with Gasteiger partial charge in [0.2, 0.25) is 0 Å². The summed E-state index contributed by atoms with van der Waals surface area (Å²) >= 11 is 0. The summed E-state index contributed by atoms with van der Waals surface area (Å²) < 4.78 is 0. The van der Waals surface area contributed by atoms with Crippen LogP contribution in [-0.2, 0) is 6.42 Å². The van der Waals surface area contributed by atoms with E-state index in [1.807, 2.05) is 6.92 Å². The standard InChI is InChI=1S/C12H17NO/c1-9(8-14)13-12-7-6-10-4-2-3-5-11(10)12/h2-5,9,12-14H,6-8H2,1H3/t9-,12+/m1/s1. The van der Waals surface area contributed by atoms with E-state index in [2.05, 4.69) is 29.6 Å². The van der Waals surface area contributed by atoms with Gasteiger partial charge in [0, 0.05) is 12.1 Å².